The molecule has 2 fully saturated rings. The van der Waals surface area contributed by atoms with Crippen LogP contribution in [0, 0.1) is 6.92 Å². The molecule has 5 rings (SSSR count). The first kappa shape index (κ1) is 21.0. The Labute approximate surface area is 187 Å². The van der Waals surface area contributed by atoms with Crippen molar-refractivity contribution in [1.82, 2.24) is 19.4 Å². The number of piperidine rings is 1. The maximum absolute atomic E-state index is 13.2. The minimum absolute atomic E-state index is 0.00615. The lowest BCUT2D eigenvalue weighted by molar-refractivity contribution is -0.182. The van der Waals surface area contributed by atoms with Crippen molar-refractivity contribution in [3.63, 3.8) is 0 Å². The highest BCUT2D eigenvalue weighted by Gasteiger charge is 2.48. The summed E-state index contributed by atoms with van der Waals surface area (Å²) in [4.78, 5) is 34.1. The standard InChI is InChI=1S/C23H29N5O4/c1-17-3-2-4-18(15-17)25-22(30)27-8-5-23(6-9-27)21-24-7-10-28(21)16-19(32-23)20(29)26-11-13-31-14-12-26/h2-4,7,10,15,19H,5-6,8-9,11-14,16H2,1H3,(H,25,30). The molecule has 0 radical (unpaired) electrons. The molecule has 9 heteroatoms. The number of carbonyl (C=O) groups is 2. The minimum atomic E-state index is -0.658. The first-order chi connectivity index (χ1) is 15.5. The van der Waals surface area contributed by atoms with E-state index >= 15 is 0 Å². The van der Waals surface area contributed by atoms with Crippen LogP contribution in [0.3, 0.4) is 0 Å². The predicted octanol–water partition coefficient (Wildman–Crippen LogP) is 1.97. The molecule has 1 atom stereocenters. The Kier molecular flexibility index (Phi) is 5.60. The van der Waals surface area contributed by atoms with Crippen LogP contribution in [-0.2, 0) is 26.4 Å². The molecule has 1 N–H and O–H groups in total. The normalized spacial score (nSPS) is 22.5. The number of nitrogens with one attached hydrogen (secondary N) is 1. The molecule has 3 aliphatic heterocycles. The molecule has 0 aliphatic carbocycles. The van der Waals surface area contributed by atoms with Crippen molar-refractivity contribution >= 4 is 17.6 Å². The van der Waals surface area contributed by atoms with Gasteiger partial charge in [0.15, 0.2) is 6.10 Å². The highest BCUT2D eigenvalue weighted by atomic mass is 16.5. The summed E-state index contributed by atoms with van der Waals surface area (Å²) in [5.74, 6) is 0.855. The van der Waals surface area contributed by atoms with E-state index in [1.165, 1.54) is 0 Å². The van der Waals surface area contributed by atoms with Crippen LogP contribution in [0.5, 0.6) is 0 Å². The lowest BCUT2D eigenvalue weighted by Gasteiger charge is -2.46. The monoisotopic (exact) mass is 439 g/mol. The lowest BCUT2D eigenvalue weighted by atomic mass is 9.88. The second-order valence-electron chi connectivity index (χ2n) is 8.73. The molecule has 2 aromatic rings. The molecule has 3 amide bonds. The largest absolute Gasteiger partial charge is 0.378 e. The maximum atomic E-state index is 13.2. The molecule has 4 heterocycles. The van der Waals surface area contributed by atoms with Crippen LogP contribution in [0.15, 0.2) is 36.7 Å². The predicted molar refractivity (Wildman–Crippen MR) is 117 cm³/mol. The van der Waals surface area contributed by atoms with Gasteiger partial charge in [0, 0.05) is 57.1 Å². The number of hydrogen-bond acceptors (Lipinski definition) is 5. The number of imidazole rings is 1. The average Bonchev–Trinajstić information content (AvgIpc) is 3.29. The lowest BCUT2D eigenvalue weighted by Crippen LogP contribution is -2.56. The number of anilines is 1. The number of aryl methyl sites for hydroxylation is 1. The van der Waals surface area contributed by atoms with Gasteiger partial charge in [-0.05, 0) is 24.6 Å². The van der Waals surface area contributed by atoms with Crippen molar-refractivity contribution in [2.24, 2.45) is 0 Å². The SMILES string of the molecule is Cc1cccc(NC(=O)N2CCC3(CC2)OC(C(=O)N2CCOCC2)Cn2ccnc23)c1. The molecule has 3 aliphatic rings. The van der Waals surface area contributed by atoms with E-state index in [-0.39, 0.29) is 11.9 Å². The highest BCUT2D eigenvalue weighted by molar-refractivity contribution is 5.89. The summed E-state index contributed by atoms with van der Waals surface area (Å²) < 4.78 is 13.9. The van der Waals surface area contributed by atoms with Crippen LogP contribution in [0.1, 0.15) is 24.2 Å². The molecule has 1 aromatic carbocycles. The summed E-state index contributed by atoms with van der Waals surface area (Å²) in [6, 6.07) is 7.64. The van der Waals surface area contributed by atoms with Gasteiger partial charge in [-0.25, -0.2) is 9.78 Å². The number of likely N-dealkylation sites (tertiary alicyclic amines) is 1. The number of fused-ring (bicyclic) bond motifs is 2. The summed E-state index contributed by atoms with van der Waals surface area (Å²) in [5, 5.41) is 2.98. The quantitative estimate of drug-likeness (QED) is 0.773. The fourth-order valence-corrected chi connectivity index (χ4v) is 4.85. The molecule has 0 saturated carbocycles. The van der Waals surface area contributed by atoms with Crippen molar-refractivity contribution in [3.8, 4) is 0 Å². The molecule has 2 saturated heterocycles. The molecule has 32 heavy (non-hydrogen) atoms. The summed E-state index contributed by atoms with van der Waals surface area (Å²) >= 11 is 0. The van der Waals surface area contributed by atoms with E-state index in [1.807, 2.05) is 46.9 Å². The van der Waals surface area contributed by atoms with E-state index in [0.29, 0.717) is 58.8 Å². The van der Waals surface area contributed by atoms with Crippen molar-refractivity contribution in [2.45, 2.75) is 38.0 Å². The third kappa shape index (κ3) is 3.98. The van der Waals surface area contributed by atoms with Gasteiger partial charge in [0.2, 0.25) is 0 Å². The number of ether oxygens (including phenoxy) is 2. The van der Waals surface area contributed by atoms with Gasteiger partial charge in [0.25, 0.3) is 5.91 Å². The number of urea groups is 1. The van der Waals surface area contributed by atoms with Crippen LogP contribution >= 0.6 is 0 Å². The number of aromatic nitrogens is 2. The second-order valence-corrected chi connectivity index (χ2v) is 8.73. The molecule has 9 nitrogen and oxygen atoms in total. The summed E-state index contributed by atoms with van der Waals surface area (Å²) in [6.07, 6.45) is 4.31. The number of benzene rings is 1. The number of morpholine rings is 1. The summed E-state index contributed by atoms with van der Waals surface area (Å²) in [5.41, 5.74) is 1.23. The summed E-state index contributed by atoms with van der Waals surface area (Å²) in [7, 11) is 0. The Bertz CT molecular complexity index is 992. The number of hydrogen-bond donors (Lipinski definition) is 1. The van der Waals surface area contributed by atoms with Crippen molar-refractivity contribution in [3.05, 3.63) is 48.0 Å². The van der Waals surface area contributed by atoms with Crippen LogP contribution in [0.25, 0.3) is 0 Å². The number of amides is 3. The Balaban J connectivity index is 1.28. The van der Waals surface area contributed by atoms with E-state index in [4.69, 9.17) is 9.47 Å². The second kappa shape index (κ2) is 8.55. The molecule has 0 bridgehead atoms. The molecule has 170 valence electrons. The van der Waals surface area contributed by atoms with Gasteiger partial charge in [-0.15, -0.1) is 0 Å². The van der Waals surface area contributed by atoms with E-state index in [0.717, 1.165) is 17.1 Å². The van der Waals surface area contributed by atoms with Gasteiger partial charge in [0.05, 0.1) is 19.8 Å². The number of nitrogens with zero attached hydrogens (tertiary/aromatic N) is 4. The Morgan fingerprint density at radius 3 is 2.66 bits per heavy atom. The average molecular weight is 440 g/mol. The van der Waals surface area contributed by atoms with Crippen molar-refractivity contribution in [2.75, 3.05) is 44.7 Å². The topological polar surface area (TPSA) is 88.9 Å². The minimum Gasteiger partial charge on any atom is -0.378 e. The fraction of sp³-hybridized carbons (Fsp3) is 0.522. The smallest absolute Gasteiger partial charge is 0.321 e. The van der Waals surface area contributed by atoms with Gasteiger partial charge >= 0.3 is 6.03 Å². The van der Waals surface area contributed by atoms with Gasteiger partial charge in [-0.1, -0.05) is 12.1 Å². The van der Waals surface area contributed by atoms with Gasteiger partial charge in [-0.3, -0.25) is 4.79 Å². The first-order valence-electron chi connectivity index (χ1n) is 11.2. The fourth-order valence-electron chi connectivity index (χ4n) is 4.85. The van der Waals surface area contributed by atoms with Gasteiger partial charge in [-0.2, -0.15) is 0 Å². The molecular weight excluding hydrogens is 410 g/mol. The van der Waals surface area contributed by atoms with Crippen LogP contribution in [-0.4, -0.2) is 76.8 Å². The van der Waals surface area contributed by atoms with Crippen LogP contribution in [0.4, 0.5) is 10.5 Å². The zero-order valence-electron chi connectivity index (χ0n) is 18.3. The molecule has 1 aromatic heterocycles. The van der Waals surface area contributed by atoms with E-state index in [9.17, 15) is 9.59 Å². The Morgan fingerprint density at radius 2 is 1.91 bits per heavy atom. The third-order valence-electron chi connectivity index (χ3n) is 6.58. The van der Waals surface area contributed by atoms with Crippen molar-refractivity contribution in [1.29, 1.82) is 0 Å². The number of rotatable bonds is 2. The molecule has 1 unspecified atom stereocenters. The molecular formula is C23H29N5O4. The van der Waals surface area contributed by atoms with Gasteiger partial charge < -0.3 is 29.2 Å². The van der Waals surface area contributed by atoms with E-state index < -0.39 is 11.7 Å². The third-order valence-corrected chi connectivity index (χ3v) is 6.58. The Hall–Kier alpha value is -2.91. The van der Waals surface area contributed by atoms with E-state index in [1.54, 1.807) is 11.1 Å². The zero-order valence-corrected chi connectivity index (χ0v) is 18.3. The molecule has 1 spiro atoms. The van der Waals surface area contributed by atoms with Gasteiger partial charge in [0.1, 0.15) is 11.4 Å². The van der Waals surface area contributed by atoms with Crippen LogP contribution < -0.4 is 5.32 Å². The Morgan fingerprint density at radius 1 is 1.12 bits per heavy atom. The van der Waals surface area contributed by atoms with Crippen LogP contribution in [0.2, 0.25) is 0 Å². The maximum Gasteiger partial charge on any atom is 0.321 e. The zero-order chi connectivity index (χ0) is 22.1. The van der Waals surface area contributed by atoms with E-state index in [2.05, 4.69) is 10.3 Å². The van der Waals surface area contributed by atoms with Crippen molar-refractivity contribution < 1.29 is 19.1 Å². The first-order valence-corrected chi connectivity index (χ1v) is 11.2. The summed E-state index contributed by atoms with van der Waals surface area (Å²) in [6.45, 7) is 5.83. The highest BCUT2D eigenvalue weighted by Crippen LogP contribution is 2.40. The number of carbonyl (C=O) groups excluding carboxylic acids is 2.